The summed E-state index contributed by atoms with van der Waals surface area (Å²) in [6.45, 7) is 22.7. The van der Waals surface area contributed by atoms with Crippen molar-refractivity contribution in [2.24, 2.45) is 22.7 Å². The van der Waals surface area contributed by atoms with Gasteiger partial charge in [0.1, 0.15) is 0 Å². The minimum Gasteiger partial charge on any atom is -0.0877 e. The maximum atomic E-state index is 2.41. The van der Waals surface area contributed by atoms with E-state index < -0.39 is 0 Å². The third kappa shape index (κ3) is 11.3. The Bertz CT molecular complexity index is 1180. The molecule has 0 nitrogen and oxygen atoms in total. The molecule has 0 spiro atoms. The SMILES string of the molecule is CC1=C(/C=C/C(C)=C\C=C\C(C)=C\C=C\C=C(C)\C=C\C=C(C)\C=C\[C@H]2[C@H](C)CC=CC2(C)C)C(C)(C)CCC1. The third-order valence-electron chi connectivity index (χ3n) is 8.42. The Morgan fingerprint density at radius 1 is 0.750 bits per heavy atom. The molecule has 216 valence electrons. The van der Waals surface area contributed by atoms with E-state index in [2.05, 4.69) is 166 Å². The van der Waals surface area contributed by atoms with Gasteiger partial charge in [-0.05, 0) is 88.5 Å². The molecule has 0 N–H and O–H groups in total. The van der Waals surface area contributed by atoms with Crippen LogP contribution in [0, 0.1) is 22.7 Å². The minimum absolute atomic E-state index is 0.231. The fourth-order valence-electron chi connectivity index (χ4n) is 5.84. The fourth-order valence-corrected chi connectivity index (χ4v) is 5.84. The van der Waals surface area contributed by atoms with Crippen LogP contribution < -0.4 is 0 Å². The molecule has 2 aliphatic rings. The van der Waals surface area contributed by atoms with Gasteiger partial charge in [0.05, 0.1) is 0 Å². The summed E-state index contributed by atoms with van der Waals surface area (Å²) < 4.78 is 0. The fraction of sp³-hybridized carbons (Fsp3) is 0.450. The van der Waals surface area contributed by atoms with Gasteiger partial charge in [0, 0.05) is 0 Å². The van der Waals surface area contributed by atoms with E-state index in [0.29, 0.717) is 17.3 Å². The molecule has 2 rings (SSSR count). The molecule has 2 aliphatic carbocycles. The molecule has 0 amide bonds. The quantitative estimate of drug-likeness (QED) is 0.192. The molecule has 0 radical (unpaired) electrons. The van der Waals surface area contributed by atoms with Crippen molar-refractivity contribution in [1.82, 2.24) is 0 Å². The van der Waals surface area contributed by atoms with Crippen molar-refractivity contribution in [2.75, 3.05) is 0 Å². The Labute approximate surface area is 247 Å². The number of rotatable bonds is 10. The highest BCUT2D eigenvalue weighted by molar-refractivity contribution is 5.37. The predicted octanol–water partition coefficient (Wildman–Crippen LogP) is 12.3. The van der Waals surface area contributed by atoms with Gasteiger partial charge in [0.15, 0.2) is 0 Å². The highest BCUT2D eigenvalue weighted by atomic mass is 14.4. The van der Waals surface area contributed by atoms with Gasteiger partial charge < -0.3 is 0 Å². The lowest BCUT2D eigenvalue weighted by molar-refractivity contribution is 0.238. The van der Waals surface area contributed by atoms with E-state index in [0.717, 1.165) is 0 Å². The van der Waals surface area contributed by atoms with Crippen molar-refractivity contribution in [3.8, 4) is 0 Å². The van der Waals surface area contributed by atoms with E-state index in [9.17, 15) is 0 Å². The summed E-state index contributed by atoms with van der Waals surface area (Å²) in [6, 6.07) is 0. The summed E-state index contributed by atoms with van der Waals surface area (Å²) in [4.78, 5) is 0. The van der Waals surface area contributed by atoms with E-state index in [1.807, 2.05) is 0 Å². The van der Waals surface area contributed by atoms with Crippen LogP contribution in [0.3, 0.4) is 0 Å². The highest BCUT2D eigenvalue weighted by Gasteiger charge is 2.31. The van der Waals surface area contributed by atoms with Crippen LogP contribution in [0.5, 0.6) is 0 Å². The predicted molar refractivity (Wildman–Crippen MR) is 181 cm³/mol. The smallest absolute Gasteiger partial charge is 0.0104 e. The van der Waals surface area contributed by atoms with Crippen molar-refractivity contribution in [3.05, 3.63) is 131 Å². The zero-order valence-corrected chi connectivity index (χ0v) is 27.2. The average Bonchev–Trinajstić information content (AvgIpc) is 2.85. The maximum Gasteiger partial charge on any atom is -0.0104 e. The molecule has 2 atom stereocenters. The van der Waals surface area contributed by atoms with Gasteiger partial charge in [0.25, 0.3) is 0 Å². The zero-order valence-electron chi connectivity index (χ0n) is 27.2. The second kappa shape index (κ2) is 15.8. The molecule has 0 unspecified atom stereocenters. The van der Waals surface area contributed by atoms with Gasteiger partial charge in [-0.3, -0.25) is 0 Å². The van der Waals surface area contributed by atoms with E-state index in [4.69, 9.17) is 0 Å². The molecule has 40 heavy (non-hydrogen) atoms. The zero-order chi connectivity index (χ0) is 29.8. The van der Waals surface area contributed by atoms with E-state index in [1.54, 1.807) is 5.57 Å². The molecule has 0 saturated heterocycles. The van der Waals surface area contributed by atoms with E-state index in [-0.39, 0.29) is 5.41 Å². The lowest BCUT2D eigenvalue weighted by Gasteiger charge is -2.37. The third-order valence-corrected chi connectivity index (χ3v) is 8.42. The molecule has 0 aromatic heterocycles. The standard InChI is InChI=1S/C40H56/c1-31(19-13-21-33(3)25-27-37-35(5)23-15-29-39(37,7)8)17-11-12-18-32(2)20-14-22-34(4)26-28-38-36(6)24-16-30-40(38,9)10/h11-15,17-22,25-29,35,37H,16,23-24,30H2,1-10H3/b12-11+,19-13+,20-14+,27-25+,28-26+,31-17+,32-18+,33-21+,34-22-/t35-,37+/m1/s1. The van der Waals surface area contributed by atoms with E-state index in [1.165, 1.54) is 53.5 Å². The molecule has 0 aromatic carbocycles. The average molecular weight is 537 g/mol. The van der Waals surface area contributed by atoms with Crippen LogP contribution in [0.15, 0.2) is 131 Å². The summed E-state index contributed by atoms with van der Waals surface area (Å²) in [7, 11) is 0. The van der Waals surface area contributed by atoms with Crippen LogP contribution in [0.1, 0.15) is 94.9 Å². The number of allylic oxidation sites excluding steroid dienone is 22. The summed E-state index contributed by atoms with van der Waals surface area (Å²) >= 11 is 0. The van der Waals surface area contributed by atoms with Crippen molar-refractivity contribution < 1.29 is 0 Å². The van der Waals surface area contributed by atoms with Gasteiger partial charge >= 0.3 is 0 Å². The van der Waals surface area contributed by atoms with Crippen LogP contribution in [-0.4, -0.2) is 0 Å². The highest BCUT2D eigenvalue weighted by Crippen LogP contribution is 2.41. The first-order valence-electron chi connectivity index (χ1n) is 15.3. The Morgan fingerprint density at radius 3 is 1.82 bits per heavy atom. The Hall–Kier alpha value is -2.86. The van der Waals surface area contributed by atoms with Crippen molar-refractivity contribution in [3.63, 3.8) is 0 Å². The monoisotopic (exact) mass is 536 g/mol. The normalized spacial score (nSPS) is 25.1. The molecule has 0 heterocycles. The van der Waals surface area contributed by atoms with Crippen LogP contribution >= 0.6 is 0 Å². The lowest BCUT2D eigenvalue weighted by atomic mass is 9.68. The lowest BCUT2D eigenvalue weighted by Crippen LogP contribution is -2.28. The minimum atomic E-state index is 0.231. The molecule has 0 bridgehead atoms. The van der Waals surface area contributed by atoms with Gasteiger partial charge in [0.2, 0.25) is 0 Å². The Morgan fingerprint density at radius 2 is 1.27 bits per heavy atom. The van der Waals surface area contributed by atoms with Gasteiger partial charge in [-0.2, -0.15) is 0 Å². The van der Waals surface area contributed by atoms with Crippen LogP contribution in [0.25, 0.3) is 0 Å². The van der Waals surface area contributed by atoms with Gasteiger partial charge in [-0.15, -0.1) is 0 Å². The Kier molecular flexibility index (Phi) is 13.2. The largest absolute Gasteiger partial charge is 0.0877 e. The summed E-state index contributed by atoms with van der Waals surface area (Å²) in [5.74, 6) is 1.27. The molecule has 0 aromatic rings. The van der Waals surface area contributed by atoms with Crippen molar-refractivity contribution in [2.45, 2.75) is 94.9 Å². The topological polar surface area (TPSA) is 0 Å². The summed E-state index contributed by atoms with van der Waals surface area (Å²) in [5, 5.41) is 0. The number of hydrogen-bond acceptors (Lipinski definition) is 0. The number of hydrogen-bond donors (Lipinski definition) is 0. The molecule has 0 heteroatoms. The Balaban J connectivity index is 1.87. The van der Waals surface area contributed by atoms with Crippen molar-refractivity contribution in [1.29, 1.82) is 0 Å². The first-order valence-corrected chi connectivity index (χ1v) is 15.3. The first-order chi connectivity index (χ1) is 18.8. The van der Waals surface area contributed by atoms with Gasteiger partial charge in [-0.1, -0.05) is 160 Å². The summed E-state index contributed by atoms with van der Waals surface area (Å²) in [6.07, 6.45) is 40.6. The van der Waals surface area contributed by atoms with Crippen molar-refractivity contribution >= 4 is 0 Å². The molecular formula is C40H56. The van der Waals surface area contributed by atoms with Crippen LogP contribution in [0.2, 0.25) is 0 Å². The van der Waals surface area contributed by atoms with Gasteiger partial charge in [-0.25, -0.2) is 0 Å². The molecule has 0 aliphatic heterocycles. The second-order valence-electron chi connectivity index (χ2n) is 13.3. The molecule has 0 fully saturated rings. The summed E-state index contributed by atoms with van der Waals surface area (Å²) in [5.41, 5.74) is 8.61. The molecule has 0 saturated carbocycles. The maximum absolute atomic E-state index is 2.41. The second-order valence-corrected chi connectivity index (χ2v) is 13.3. The van der Waals surface area contributed by atoms with Crippen LogP contribution in [0.4, 0.5) is 0 Å². The van der Waals surface area contributed by atoms with E-state index >= 15 is 0 Å². The van der Waals surface area contributed by atoms with Crippen LogP contribution in [-0.2, 0) is 0 Å². The first kappa shape index (κ1) is 33.3. The molecular weight excluding hydrogens is 480 g/mol.